The van der Waals surface area contributed by atoms with Gasteiger partial charge in [-0.25, -0.2) is 4.98 Å². The highest BCUT2D eigenvalue weighted by molar-refractivity contribution is 5.93. The Morgan fingerprint density at radius 3 is 2.12 bits per heavy atom. The maximum absolute atomic E-state index is 13.1. The highest BCUT2D eigenvalue weighted by Crippen LogP contribution is 2.53. The summed E-state index contributed by atoms with van der Waals surface area (Å²) >= 11 is 0. The first kappa shape index (κ1) is 20.1. The predicted octanol–water partition coefficient (Wildman–Crippen LogP) is 4.27. The molecule has 2 heterocycles. The molecule has 32 heavy (non-hydrogen) atoms. The number of aryl methyl sites for hydroxylation is 1. The van der Waals surface area contributed by atoms with E-state index in [1.54, 1.807) is 0 Å². The number of amides is 1. The van der Waals surface area contributed by atoms with Crippen molar-refractivity contribution in [2.45, 2.75) is 45.1 Å². The van der Waals surface area contributed by atoms with Gasteiger partial charge in [0.25, 0.3) is 5.91 Å². The molecular weight excluding hydrogens is 396 g/mol. The smallest absolute Gasteiger partial charge is 0.270 e. The van der Waals surface area contributed by atoms with Crippen molar-refractivity contribution in [1.29, 1.82) is 0 Å². The average molecular weight is 431 g/mol. The lowest BCUT2D eigenvalue weighted by molar-refractivity contribution is -0.0120. The molecule has 0 radical (unpaired) electrons. The lowest BCUT2D eigenvalue weighted by Crippen LogP contribution is -2.55. The Balaban J connectivity index is 1.10. The molecule has 1 aromatic carbocycles. The van der Waals surface area contributed by atoms with Crippen LogP contribution in [0.1, 0.15) is 48.2 Å². The summed E-state index contributed by atoms with van der Waals surface area (Å²) in [5.41, 5.74) is 3.14. The number of anilines is 2. The van der Waals surface area contributed by atoms with E-state index in [1.165, 1.54) is 43.4 Å². The SMILES string of the molecule is Cc1ccc(N2CCN(c3cccc(C(=O)NC4C5CC6CC(C5)CC4C6)n3)CC2)cc1. The van der Waals surface area contributed by atoms with E-state index in [9.17, 15) is 4.79 Å². The summed E-state index contributed by atoms with van der Waals surface area (Å²) in [5, 5.41) is 3.41. The van der Waals surface area contributed by atoms with E-state index in [0.717, 1.165) is 43.8 Å². The van der Waals surface area contributed by atoms with Crippen molar-refractivity contribution in [3.8, 4) is 0 Å². The maximum Gasteiger partial charge on any atom is 0.270 e. The first-order chi connectivity index (χ1) is 15.6. The van der Waals surface area contributed by atoms with Gasteiger partial charge in [0.15, 0.2) is 0 Å². The van der Waals surface area contributed by atoms with Gasteiger partial charge in [0.2, 0.25) is 0 Å². The molecule has 1 aliphatic heterocycles. The molecule has 0 unspecified atom stereocenters. The Labute approximate surface area is 191 Å². The molecule has 5 aliphatic rings. The van der Waals surface area contributed by atoms with Crippen LogP contribution in [0.3, 0.4) is 0 Å². The van der Waals surface area contributed by atoms with Gasteiger partial charge in [-0.05, 0) is 87.0 Å². The van der Waals surface area contributed by atoms with Crippen LogP contribution in [0.15, 0.2) is 42.5 Å². The molecule has 4 bridgehead atoms. The highest BCUT2D eigenvalue weighted by atomic mass is 16.2. The van der Waals surface area contributed by atoms with Gasteiger partial charge in [0.1, 0.15) is 11.5 Å². The van der Waals surface area contributed by atoms with Crippen LogP contribution in [-0.4, -0.2) is 43.1 Å². The molecule has 4 saturated carbocycles. The minimum Gasteiger partial charge on any atom is -0.368 e. The lowest BCUT2D eigenvalue weighted by Gasteiger charge is -2.54. The Morgan fingerprint density at radius 2 is 1.47 bits per heavy atom. The van der Waals surface area contributed by atoms with Gasteiger partial charge in [-0.15, -0.1) is 0 Å². The Hall–Kier alpha value is -2.56. The largest absolute Gasteiger partial charge is 0.368 e. The summed E-state index contributed by atoms with van der Waals surface area (Å²) in [4.78, 5) is 22.7. The van der Waals surface area contributed by atoms with E-state index < -0.39 is 0 Å². The Kier molecular flexibility index (Phi) is 5.08. The normalized spacial score (nSPS) is 31.1. The van der Waals surface area contributed by atoms with Crippen LogP contribution >= 0.6 is 0 Å². The molecule has 1 N–H and O–H groups in total. The third kappa shape index (κ3) is 3.76. The second-order valence-corrected chi connectivity index (χ2v) is 10.6. The summed E-state index contributed by atoms with van der Waals surface area (Å²) in [6.45, 7) is 5.90. The molecule has 5 heteroatoms. The van der Waals surface area contributed by atoms with Crippen LogP contribution in [0.25, 0.3) is 0 Å². The van der Waals surface area contributed by atoms with Gasteiger partial charge in [-0.1, -0.05) is 23.8 Å². The highest BCUT2D eigenvalue weighted by Gasteiger charge is 2.48. The fourth-order valence-electron chi connectivity index (χ4n) is 7.06. The number of rotatable bonds is 4. The van der Waals surface area contributed by atoms with Gasteiger partial charge in [0, 0.05) is 37.9 Å². The minimum absolute atomic E-state index is 0.0163. The molecule has 2 aromatic rings. The molecule has 1 saturated heterocycles. The third-order valence-corrected chi connectivity index (χ3v) is 8.49. The summed E-state index contributed by atoms with van der Waals surface area (Å²) in [7, 11) is 0. The quantitative estimate of drug-likeness (QED) is 0.787. The minimum atomic E-state index is 0.0163. The van der Waals surface area contributed by atoms with Crippen molar-refractivity contribution in [1.82, 2.24) is 10.3 Å². The standard InChI is InChI=1S/C27H34N4O/c1-18-5-7-23(8-6-18)30-9-11-31(12-10-30)25-4-2-3-24(28-25)27(32)29-26-21-14-19-13-20(16-21)17-22(26)15-19/h2-8,19-22,26H,9-17H2,1H3,(H,29,32). The number of nitrogens with zero attached hydrogens (tertiary/aromatic N) is 3. The number of carbonyl (C=O) groups is 1. The number of carbonyl (C=O) groups excluding carboxylic acids is 1. The van der Waals surface area contributed by atoms with Crippen molar-refractivity contribution in [2.75, 3.05) is 36.0 Å². The molecule has 5 nitrogen and oxygen atoms in total. The number of hydrogen-bond donors (Lipinski definition) is 1. The Morgan fingerprint density at radius 1 is 0.844 bits per heavy atom. The van der Waals surface area contributed by atoms with Crippen LogP contribution < -0.4 is 15.1 Å². The number of piperazine rings is 1. The molecule has 1 amide bonds. The van der Waals surface area contributed by atoms with Crippen LogP contribution in [0.4, 0.5) is 11.5 Å². The second-order valence-electron chi connectivity index (χ2n) is 10.6. The summed E-state index contributed by atoms with van der Waals surface area (Å²) < 4.78 is 0. The molecule has 0 spiro atoms. The topological polar surface area (TPSA) is 48.5 Å². The fourth-order valence-corrected chi connectivity index (χ4v) is 7.06. The number of benzene rings is 1. The number of nitrogens with one attached hydrogen (secondary N) is 1. The zero-order valence-electron chi connectivity index (χ0n) is 19.0. The van der Waals surface area contributed by atoms with Crippen molar-refractivity contribution in [3.63, 3.8) is 0 Å². The van der Waals surface area contributed by atoms with E-state index >= 15 is 0 Å². The molecular formula is C27H34N4O. The van der Waals surface area contributed by atoms with Gasteiger partial charge in [-0.2, -0.15) is 0 Å². The summed E-state index contributed by atoms with van der Waals surface area (Å²) in [5.74, 6) is 4.16. The monoisotopic (exact) mass is 430 g/mol. The predicted molar refractivity (Wildman–Crippen MR) is 128 cm³/mol. The van der Waals surface area contributed by atoms with E-state index in [-0.39, 0.29) is 5.91 Å². The van der Waals surface area contributed by atoms with Crippen molar-refractivity contribution >= 4 is 17.4 Å². The van der Waals surface area contributed by atoms with Crippen LogP contribution in [0, 0.1) is 30.6 Å². The third-order valence-electron chi connectivity index (χ3n) is 8.49. The first-order valence-corrected chi connectivity index (χ1v) is 12.5. The molecule has 0 atom stereocenters. The number of aromatic nitrogens is 1. The number of pyridine rings is 1. The summed E-state index contributed by atoms with van der Waals surface area (Å²) in [6, 6.07) is 15.0. The van der Waals surface area contributed by atoms with E-state index in [0.29, 0.717) is 23.6 Å². The van der Waals surface area contributed by atoms with Crippen molar-refractivity contribution in [3.05, 3.63) is 53.7 Å². The van der Waals surface area contributed by atoms with E-state index in [2.05, 4.69) is 46.3 Å². The zero-order valence-corrected chi connectivity index (χ0v) is 19.0. The van der Waals surface area contributed by atoms with Crippen molar-refractivity contribution < 1.29 is 4.79 Å². The zero-order chi connectivity index (χ0) is 21.7. The second kappa shape index (κ2) is 8.09. The molecule has 5 fully saturated rings. The van der Waals surface area contributed by atoms with Crippen LogP contribution in [0.5, 0.6) is 0 Å². The molecule has 1 aromatic heterocycles. The molecule has 7 rings (SSSR count). The molecule has 168 valence electrons. The van der Waals surface area contributed by atoms with Crippen molar-refractivity contribution in [2.24, 2.45) is 23.7 Å². The fraction of sp³-hybridized carbons (Fsp3) is 0.556. The van der Waals surface area contributed by atoms with E-state index in [4.69, 9.17) is 4.98 Å². The van der Waals surface area contributed by atoms with Crippen LogP contribution in [-0.2, 0) is 0 Å². The van der Waals surface area contributed by atoms with Crippen LogP contribution in [0.2, 0.25) is 0 Å². The van der Waals surface area contributed by atoms with Gasteiger partial charge >= 0.3 is 0 Å². The average Bonchev–Trinajstić information content (AvgIpc) is 2.81. The summed E-state index contributed by atoms with van der Waals surface area (Å²) in [6.07, 6.45) is 6.70. The van der Waals surface area contributed by atoms with Gasteiger partial charge in [-0.3, -0.25) is 4.79 Å². The lowest BCUT2D eigenvalue weighted by atomic mass is 9.54. The van der Waals surface area contributed by atoms with Gasteiger partial charge < -0.3 is 15.1 Å². The Bertz CT molecular complexity index is 951. The maximum atomic E-state index is 13.1. The van der Waals surface area contributed by atoms with E-state index in [1.807, 2.05) is 18.2 Å². The number of hydrogen-bond acceptors (Lipinski definition) is 4. The van der Waals surface area contributed by atoms with Gasteiger partial charge in [0.05, 0.1) is 0 Å². The molecule has 4 aliphatic carbocycles. The first-order valence-electron chi connectivity index (χ1n) is 12.5.